The van der Waals surface area contributed by atoms with Gasteiger partial charge < -0.3 is 4.90 Å². The Bertz CT molecular complexity index is 661. The van der Waals surface area contributed by atoms with Crippen molar-refractivity contribution in [2.45, 2.75) is 6.42 Å². The molecule has 0 saturated carbocycles. The van der Waals surface area contributed by atoms with E-state index in [1.54, 1.807) is 6.07 Å². The van der Waals surface area contributed by atoms with Crippen LogP contribution in [-0.2, 0) is 13.8 Å². The van der Waals surface area contributed by atoms with Gasteiger partial charge in [0.1, 0.15) is 0 Å². The molecule has 0 aliphatic carbocycles. The van der Waals surface area contributed by atoms with E-state index in [0.717, 1.165) is 0 Å². The number of halogens is 1. The van der Waals surface area contributed by atoms with Crippen LogP contribution in [-0.4, -0.2) is 31.5 Å². The highest BCUT2D eigenvalue weighted by Crippen LogP contribution is 2.28. The number of benzene rings is 1. The SMILES string of the molecule is O=C1CC(CS(=O)(=O)Cl)CN1c1cccc([N+](=O)[O-])c1. The second-order valence-electron chi connectivity index (χ2n) is 4.56. The van der Waals surface area contributed by atoms with Crippen LogP contribution in [0.4, 0.5) is 11.4 Å². The van der Waals surface area contributed by atoms with Gasteiger partial charge in [-0.3, -0.25) is 14.9 Å². The average Bonchev–Trinajstić information content (AvgIpc) is 2.68. The third-order valence-corrected chi connectivity index (χ3v) is 4.24. The van der Waals surface area contributed by atoms with Crippen LogP contribution in [0.1, 0.15) is 6.42 Å². The first kappa shape index (κ1) is 14.7. The number of carbonyl (C=O) groups excluding carboxylic acids is 1. The molecule has 0 bridgehead atoms. The predicted molar refractivity (Wildman–Crippen MR) is 73.2 cm³/mol. The van der Waals surface area contributed by atoms with Crippen molar-refractivity contribution >= 4 is 37.0 Å². The molecule has 1 fully saturated rings. The normalized spacial score (nSPS) is 19.4. The van der Waals surface area contributed by atoms with E-state index in [1.807, 2.05) is 0 Å². The second-order valence-corrected chi connectivity index (χ2v) is 7.38. The molecule has 9 heteroatoms. The average molecular weight is 319 g/mol. The Kier molecular flexibility index (Phi) is 3.96. The van der Waals surface area contributed by atoms with Crippen molar-refractivity contribution in [3.05, 3.63) is 34.4 Å². The highest BCUT2D eigenvalue weighted by molar-refractivity contribution is 8.13. The first-order chi connectivity index (χ1) is 9.26. The van der Waals surface area contributed by atoms with Gasteiger partial charge in [0.25, 0.3) is 5.69 Å². The molecule has 1 heterocycles. The fourth-order valence-corrected chi connectivity index (χ4v) is 3.52. The third kappa shape index (κ3) is 3.45. The Hall–Kier alpha value is -1.67. The molecule has 1 amide bonds. The lowest BCUT2D eigenvalue weighted by molar-refractivity contribution is -0.384. The lowest BCUT2D eigenvalue weighted by Crippen LogP contribution is -2.25. The van der Waals surface area contributed by atoms with Crippen molar-refractivity contribution in [1.29, 1.82) is 0 Å². The zero-order chi connectivity index (χ0) is 14.9. The van der Waals surface area contributed by atoms with Crippen molar-refractivity contribution in [2.24, 2.45) is 5.92 Å². The van der Waals surface area contributed by atoms with Crippen molar-refractivity contribution in [2.75, 3.05) is 17.2 Å². The molecule has 1 atom stereocenters. The Morgan fingerprint density at radius 2 is 2.15 bits per heavy atom. The molecule has 1 unspecified atom stereocenters. The zero-order valence-electron chi connectivity index (χ0n) is 10.2. The number of hydrogen-bond acceptors (Lipinski definition) is 5. The summed E-state index contributed by atoms with van der Waals surface area (Å²) in [5.41, 5.74) is 0.266. The van der Waals surface area contributed by atoms with Gasteiger partial charge in [-0.15, -0.1) is 0 Å². The van der Waals surface area contributed by atoms with E-state index in [0.29, 0.717) is 5.69 Å². The highest BCUT2D eigenvalue weighted by atomic mass is 35.7. The molecular formula is C11H11ClN2O5S. The monoisotopic (exact) mass is 318 g/mol. The topological polar surface area (TPSA) is 97.6 Å². The smallest absolute Gasteiger partial charge is 0.271 e. The minimum atomic E-state index is -3.67. The fraction of sp³-hybridized carbons (Fsp3) is 0.364. The van der Waals surface area contributed by atoms with Crippen LogP contribution < -0.4 is 4.90 Å². The first-order valence-corrected chi connectivity index (χ1v) is 8.21. The Labute approximate surface area is 119 Å². The van der Waals surface area contributed by atoms with Crippen molar-refractivity contribution < 1.29 is 18.1 Å². The van der Waals surface area contributed by atoms with E-state index in [4.69, 9.17) is 10.7 Å². The quantitative estimate of drug-likeness (QED) is 0.476. The van der Waals surface area contributed by atoms with Gasteiger partial charge in [-0.25, -0.2) is 8.42 Å². The molecule has 0 radical (unpaired) electrons. The summed E-state index contributed by atoms with van der Waals surface area (Å²) in [6, 6.07) is 5.66. The number of hydrogen-bond donors (Lipinski definition) is 0. The molecule has 0 spiro atoms. The summed E-state index contributed by atoms with van der Waals surface area (Å²) in [4.78, 5) is 23.4. The molecule has 1 saturated heterocycles. The molecule has 108 valence electrons. The largest absolute Gasteiger partial charge is 0.312 e. The van der Waals surface area contributed by atoms with Crippen LogP contribution in [0.15, 0.2) is 24.3 Å². The predicted octanol–water partition coefficient (Wildman–Crippen LogP) is 1.52. The summed E-state index contributed by atoms with van der Waals surface area (Å²) in [5, 5.41) is 10.7. The molecule has 0 N–H and O–H groups in total. The number of non-ortho nitro benzene ring substituents is 1. The summed E-state index contributed by atoms with van der Waals surface area (Å²) in [6.07, 6.45) is 0.0641. The molecule has 1 aromatic rings. The lowest BCUT2D eigenvalue weighted by Gasteiger charge is -2.16. The number of rotatable bonds is 4. The molecule has 1 aliphatic rings. The van der Waals surface area contributed by atoms with Gasteiger partial charge in [-0.2, -0.15) is 0 Å². The van der Waals surface area contributed by atoms with E-state index in [2.05, 4.69) is 0 Å². The first-order valence-electron chi connectivity index (χ1n) is 5.73. The number of nitrogens with zero attached hydrogens (tertiary/aromatic N) is 2. The van der Waals surface area contributed by atoms with Crippen LogP contribution in [0.2, 0.25) is 0 Å². The van der Waals surface area contributed by atoms with Gasteiger partial charge in [0.05, 0.1) is 16.4 Å². The van der Waals surface area contributed by atoms with Crippen LogP contribution in [0.25, 0.3) is 0 Å². The van der Waals surface area contributed by atoms with Gasteiger partial charge in [0.2, 0.25) is 15.0 Å². The Balaban J connectivity index is 2.20. The molecule has 1 aromatic carbocycles. The van der Waals surface area contributed by atoms with Gasteiger partial charge in [0, 0.05) is 41.7 Å². The summed E-state index contributed by atoms with van der Waals surface area (Å²) in [5.74, 6) is -0.953. The van der Waals surface area contributed by atoms with Crippen molar-refractivity contribution in [1.82, 2.24) is 0 Å². The van der Waals surface area contributed by atoms with Gasteiger partial charge in [-0.1, -0.05) is 6.07 Å². The molecule has 0 aromatic heterocycles. The van der Waals surface area contributed by atoms with E-state index in [9.17, 15) is 23.3 Å². The second kappa shape index (κ2) is 5.37. The maximum Gasteiger partial charge on any atom is 0.271 e. The standard InChI is InChI=1S/C11H11ClN2O5S/c12-20(18,19)7-8-4-11(15)13(6-8)9-2-1-3-10(5-9)14(16)17/h1-3,5,8H,4,6-7H2. The van der Waals surface area contributed by atoms with Crippen molar-refractivity contribution in [3.8, 4) is 0 Å². The number of nitro benzene ring substituents is 1. The van der Waals surface area contributed by atoms with Crippen LogP contribution in [0.5, 0.6) is 0 Å². The number of nitro groups is 1. The van der Waals surface area contributed by atoms with Crippen molar-refractivity contribution in [3.63, 3.8) is 0 Å². The maximum absolute atomic E-state index is 11.9. The number of carbonyl (C=O) groups is 1. The van der Waals surface area contributed by atoms with Crippen LogP contribution in [0.3, 0.4) is 0 Å². The minimum absolute atomic E-state index is 0.0641. The van der Waals surface area contributed by atoms with E-state index in [1.165, 1.54) is 23.1 Å². The van der Waals surface area contributed by atoms with E-state index < -0.39 is 19.9 Å². The molecule has 1 aliphatic heterocycles. The van der Waals surface area contributed by atoms with Crippen LogP contribution in [0, 0.1) is 16.0 Å². The minimum Gasteiger partial charge on any atom is -0.312 e. The fourth-order valence-electron chi connectivity index (χ4n) is 2.20. The summed E-state index contributed by atoms with van der Waals surface area (Å²) in [7, 11) is 1.50. The highest BCUT2D eigenvalue weighted by Gasteiger charge is 2.33. The van der Waals surface area contributed by atoms with Gasteiger partial charge in [-0.05, 0) is 6.07 Å². The lowest BCUT2D eigenvalue weighted by atomic mass is 10.1. The van der Waals surface area contributed by atoms with E-state index >= 15 is 0 Å². The van der Waals surface area contributed by atoms with Gasteiger partial charge in [0.15, 0.2) is 0 Å². The van der Waals surface area contributed by atoms with Crippen LogP contribution >= 0.6 is 10.7 Å². The van der Waals surface area contributed by atoms with E-state index in [-0.39, 0.29) is 30.3 Å². The molecule has 2 rings (SSSR count). The Morgan fingerprint density at radius 1 is 1.45 bits per heavy atom. The Morgan fingerprint density at radius 3 is 2.75 bits per heavy atom. The number of amides is 1. The summed E-state index contributed by atoms with van der Waals surface area (Å²) in [6.45, 7) is 0.186. The molecular weight excluding hydrogens is 308 g/mol. The molecule has 7 nitrogen and oxygen atoms in total. The zero-order valence-corrected chi connectivity index (χ0v) is 11.8. The number of anilines is 1. The maximum atomic E-state index is 11.9. The molecule has 20 heavy (non-hydrogen) atoms. The summed E-state index contributed by atoms with van der Waals surface area (Å²) >= 11 is 0. The summed E-state index contributed by atoms with van der Waals surface area (Å²) < 4.78 is 22.1. The van der Waals surface area contributed by atoms with Gasteiger partial charge >= 0.3 is 0 Å². The third-order valence-electron chi connectivity index (χ3n) is 2.99.